The second kappa shape index (κ2) is 3.52. The zero-order valence-corrected chi connectivity index (χ0v) is 6.05. The Morgan fingerprint density at radius 2 is 1.89 bits per heavy atom. The van der Waals surface area contributed by atoms with Crippen molar-refractivity contribution in [1.82, 2.24) is 0 Å². The molecule has 0 atom stereocenters. The maximum absolute atomic E-state index is 10.7. The van der Waals surface area contributed by atoms with Gasteiger partial charge in [0.2, 0.25) is 0 Å². The molecule has 52 valence electrons. The molecule has 0 aliphatic carbocycles. The van der Waals surface area contributed by atoms with Gasteiger partial charge in [-0.25, -0.2) is 4.57 Å². The molecule has 0 bridgehead atoms. The molecule has 0 aromatic carbocycles. The average Bonchev–Trinajstić information content (AvgIpc) is 1.89. The Labute approximate surface area is 53.7 Å². The van der Waals surface area contributed by atoms with Crippen LogP contribution in [-0.4, -0.2) is 14.2 Å². The van der Waals surface area contributed by atoms with E-state index < -0.39 is 7.82 Å². The molecule has 0 aromatic heterocycles. The van der Waals surface area contributed by atoms with Crippen LogP contribution in [0.3, 0.4) is 0 Å². The fourth-order valence-electron chi connectivity index (χ4n) is 0.214. The summed E-state index contributed by atoms with van der Waals surface area (Å²) in [5, 5.41) is 0. The predicted octanol–water partition coefficient (Wildman–Crippen LogP) is 0.995. The lowest BCUT2D eigenvalue weighted by Crippen LogP contribution is -1.88. The molecule has 0 N–H and O–H groups in total. The van der Waals surface area contributed by atoms with Crippen molar-refractivity contribution in [3.05, 3.63) is 0 Å². The van der Waals surface area contributed by atoms with Gasteiger partial charge in [0.1, 0.15) is 6.11 Å². The lowest BCUT2D eigenvalue weighted by molar-refractivity contribution is 0.201. The van der Waals surface area contributed by atoms with Gasteiger partial charge in [-0.15, -0.1) is 0 Å². The highest BCUT2D eigenvalue weighted by atomic mass is 31.2. The third kappa shape index (κ3) is 2.52. The van der Waals surface area contributed by atoms with Gasteiger partial charge in [-0.2, -0.15) is 0 Å². The van der Waals surface area contributed by atoms with Gasteiger partial charge in [0.05, 0.1) is 0 Å². The van der Waals surface area contributed by atoms with Gasteiger partial charge in [-0.3, -0.25) is 9.05 Å². The van der Waals surface area contributed by atoms with Crippen LogP contribution in [0, 0.1) is 12.5 Å². The van der Waals surface area contributed by atoms with Crippen LogP contribution >= 0.6 is 7.82 Å². The van der Waals surface area contributed by atoms with E-state index in [9.17, 15) is 4.57 Å². The first-order valence-corrected chi connectivity index (χ1v) is 3.50. The summed E-state index contributed by atoms with van der Waals surface area (Å²) < 4.78 is 23.5. The average molecular weight is 150 g/mol. The highest BCUT2D eigenvalue weighted by Gasteiger charge is 2.22. The summed E-state index contributed by atoms with van der Waals surface area (Å²) in [6.07, 6.45) is 6.36. The monoisotopic (exact) mass is 150 g/mol. The Kier molecular flexibility index (Phi) is 3.33. The Hall–Kier alpha value is -0.490. The molecule has 5 heteroatoms. The van der Waals surface area contributed by atoms with Gasteiger partial charge in [0.25, 0.3) is 0 Å². The van der Waals surface area contributed by atoms with Crippen LogP contribution in [-0.2, 0) is 18.1 Å². The SMILES string of the molecule is C#COP(=O)(OC)OC. The molecule has 0 fully saturated rings. The van der Waals surface area contributed by atoms with Crippen molar-refractivity contribution >= 4 is 7.82 Å². The summed E-state index contributed by atoms with van der Waals surface area (Å²) in [7, 11) is -1.05. The van der Waals surface area contributed by atoms with Crippen LogP contribution in [0.5, 0.6) is 0 Å². The van der Waals surface area contributed by atoms with Gasteiger partial charge in [0.15, 0.2) is 0 Å². The number of hydrogen-bond acceptors (Lipinski definition) is 4. The van der Waals surface area contributed by atoms with E-state index >= 15 is 0 Å². The molecule has 0 saturated heterocycles. The summed E-state index contributed by atoms with van der Waals surface area (Å²) in [6, 6.07) is 0. The van der Waals surface area contributed by atoms with Crippen LogP contribution < -0.4 is 0 Å². The smallest absolute Gasteiger partial charge is 0.350 e. The van der Waals surface area contributed by atoms with E-state index in [1.165, 1.54) is 14.2 Å². The van der Waals surface area contributed by atoms with Crippen LogP contribution in [0.4, 0.5) is 0 Å². The minimum absolute atomic E-state index is 1.18. The van der Waals surface area contributed by atoms with Gasteiger partial charge in [-0.1, -0.05) is 6.42 Å². The van der Waals surface area contributed by atoms with E-state index in [0.717, 1.165) is 0 Å². The molecule has 0 saturated carbocycles. The van der Waals surface area contributed by atoms with Crippen LogP contribution in [0.2, 0.25) is 0 Å². The van der Waals surface area contributed by atoms with Crippen molar-refractivity contribution < 1.29 is 18.1 Å². The maximum atomic E-state index is 10.7. The lowest BCUT2D eigenvalue weighted by Gasteiger charge is -2.07. The van der Waals surface area contributed by atoms with Crippen molar-refractivity contribution in [3.63, 3.8) is 0 Å². The van der Waals surface area contributed by atoms with E-state index in [-0.39, 0.29) is 0 Å². The second-order valence-electron chi connectivity index (χ2n) is 1.02. The van der Waals surface area contributed by atoms with Crippen molar-refractivity contribution in [2.75, 3.05) is 14.2 Å². The Balaban J connectivity index is 3.98. The summed E-state index contributed by atoms with van der Waals surface area (Å²) in [4.78, 5) is 0. The molecule has 0 aliphatic rings. The third-order valence-corrected chi connectivity index (χ3v) is 1.84. The molecule has 0 radical (unpaired) electrons. The van der Waals surface area contributed by atoms with E-state index in [2.05, 4.69) is 20.0 Å². The first-order chi connectivity index (χ1) is 4.18. The normalized spacial score (nSPS) is 10.3. The molecular weight excluding hydrogens is 143 g/mol. The van der Waals surface area contributed by atoms with Crippen LogP contribution in [0.15, 0.2) is 0 Å². The Morgan fingerprint density at radius 1 is 1.44 bits per heavy atom. The third-order valence-electron chi connectivity index (χ3n) is 0.612. The van der Waals surface area contributed by atoms with Gasteiger partial charge < -0.3 is 4.52 Å². The fraction of sp³-hybridized carbons (Fsp3) is 0.500. The van der Waals surface area contributed by atoms with Crippen molar-refractivity contribution in [3.8, 4) is 12.5 Å². The molecule has 0 unspecified atom stereocenters. The van der Waals surface area contributed by atoms with Crippen LogP contribution in [0.25, 0.3) is 0 Å². The lowest BCUT2D eigenvalue weighted by atomic mass is 11.3. The van der Waals surface area contributed by atoms with E-state index in [1.807, 2.05) is 0 Å². The second-order valence-corrected chi connectivity index (χ2v) is 2.83. The molecule has 0 rings (SSSR count). The summed E-state index contributed by atoms with van der Waals surface area (Å²) in [5.41, 5.74) is 0. The number of phosphoric acid groups is 1. The standard InChI is InChI=1S/C4H7O4P/c1-4-8-9(5,6-2)7-3/h1H,2-3H3. The molecule has 0 aromatic rings. The first kappa shape index (κ1) is 8.51. The Bertz CT molecular complexity index is 150. The number of phosphoric ester groups is 1. The maximum Gasteiger partial charge on any atom is 0.537 e. The number of terminal acetylenes is 1. The summed E-state index contributed by atoms with van der Waals surface area (Å²) in [6.45, 7) is 0. The topological polar surface area (TPSA) is 44.8 Å². The van der Waals surface area contributed by atoms with Gasteiger partial charge in [-0.05, 0) is 0 Å². The molecule has 0 spiro atoms. The number of hydrogen-bond donors (Lipinski definition) is 0. The Morgan fingerprint density at radius 3 is 2.00 bits per heavy atom. The zero-order valence-electron chi connectivity index (χ0n) is 5.16. The quantitative estimate of drug-likeness (QED) is 0.444. The summed E-state index contributed by atoms with van der Waals surface area (Å²) >= 11 is 0. The molecule has 0 aliphatic heterocycles. The highest BCUT2D eigenvalue weighted by molar-refractivity contribution is 7.48. The van der Waals surface area contributed by atoms with Crippen molar-refractivity contribution in [1.29, 1.82) is 0 Å². The van der Waals surface area contributed by atoms with Gasteiger partial charge in [0, 0.05) is 14.2 Å². The summed E-state index contributed by atoms with van der Waals surface area (Å²) in [5.74, 6) is 0. The molecule has 4 nitrogen and oxygen atoms in total. The first-order valence-electron chi connectivity index (χ1n) is 2.04. The van der Waals surface area contributed by atoms with Crippen molar-refractivity contribution in [2.45, 2.75) is 0 Å². The van der Waals surface area contributed by atoms with E-state index in [0.29, 0.717) is 0 Å². The minimum atomic E-state index is -3.42. The molecule has 9 heavy (non-hydrogen) atoms. The molecular formula is C4H7O4P. The largest absolute Gasteiger partial charge is 0.537 e. The highest BCUT2D eigenvalue weighted by Crippen LogP contribution is 2.46. The predicted molar refractivity (Wildman–Crippen MR) is 31.5 cm³/mol. The van der Waals surface area contributed by atoms with Crippen LogP contribution in [0.1, 0.15) is 0 Å². The fourth-order valence-corrected chi connectivity index (χ4v) is 0.641. The molecule has 0 heterocycles. The van der Waals surface area contributed by atoms with E-state index in [4.69, 9.17) is 0 Å². The zero-order chi connectivity index (χ0) is 7.33. The van der Waals surface area contributed by atoms with Gasteiger partial charge >= 0.3 is 7.82 Å². The minimum Gasteiger partial charge on any atom is -0.350 e. The number of rotatable bonds is 3. The van der Waals surface area contributed by atoms with Crippen molar-refractivity contribution in [2.24, 2.45) is 0 Å². The molecule has 0 amide bonds. The van der Waals surface area contributed by atoms with E-state index in [1.54, 1.807) is 6.11 Å².